The van der Waals surface area contributed by atoms with E-state index in [1.807, 2.05) is 13.8 Å². The standard InChI is InChI=1S/C7H16N2O.K.Li.2H/c1-3-5-8-7(10)9-6-4-2;;;;/h3-6H2,1-2H3,(H2,8,9,10);;;;. The van der Waals surface area contributed by atoms with Crippen molar-refractivity contribution < 1.29 is 4.79 Å². The molecule has 0 fully saturated rings. The topological polar surface area (TPSA) is 41.1 Å². The molecule has 0 bridgehead atoms. The van der Waals surface area contributed by atoms with Crippen LogP contribution in [0, 0.1) is 0 Å². The van der Waals surface area contributed by atoms with Crippen LogP contribution in [0.4, 0.5) is 4.79 Å². The third-order valence-electron chi connectivity index (χ3n) is 1.07. The fourth-order valence-corrected chi connectivity index (χ4v) is 0.540. The minimum absolute atomic E-state index is 0. The molecule has 0 aromatic carbocycles. The summed E-state index contributed by atoms with van der Waals surface area (Å²) < 4.78 is 0. The first-order valence-corrected chi connectivity index (χ1v) is 3.83. The predicted octanol–water partition coefficient (Wildman–Crippen LogP) is -0.191. The van der Waals surface area contributed by atoms with Crippen molar-refractivity contribution >= 4 is 76.3 Å². The molecule has 5 heteroatoms. The SMILES string of the molecule is CCCNC(=O)NCCC.[KH].[LiH]. The average molecular weight is 192 g/mol. The number of amides is 2. The molecule has 0 aliphatic carbocycles. The van der Waals surface area contributed by atoms with Crippen LogP contribution in [0.1, 0.15) is 26.7 Å². The number of urea groups is 1. The molecular weight excluding hydrogens is 174 g/mol. The van der Waals surface area contributed by atoms with Crippen molar-refractivity contribution in [3.63, 3.8) is 0 Å². The molecule has 0 spiro atoms. The molecular formula is C7H18KLiN2O. The third kappa shape index (κ3) is 14.1. The van der Waals surface area contributed by atoms with Gasteiger partial charge in [0.25, 0.3) is 0 Å². The number of hydrogen-bond acceptors (Lipinski definition) is 1. The molecule has 0 radical (unpaired) electrons. The molecule has 0 aliphatic rings. The van der Waals surface area contributed by atoms with Crippen LogP contribution in [0.5, 0.6) is 0 Å². The number of rotatable bonds is 4. The summed E-state index contributed by atoms with van der Waals surface area (Å²) in [6.45, 7) is 5.57. The minimum atomic E-state index is -0.0521. The van der Waals surface area contributed by atoms with Crippen LogP contribution < -0.4 is 10.6 Å². The van der Waals surface area contributed by atoms with E-state index in [0.29, 0.717) is 0 Å². The summed E-state index contributed by atoms with van der Waals surface area (Å²) in [4.78, 5) is 10.7. The zero-order valence-electron chi connectivity index (χ0n) is 6.74. The quantitative estimate of drug-likeness (QED) is 0.596. The Balaban J connectivity index is -0.000000405. The van der Waals surface area contributed by atoms with Crippen molar-refractivity contribution in [2.24, 2.45) is 0 Å². The van der Waals surface area contributed by atoms with Gasteiger partial charge in [-0.1, -0.05) is 13.8 Å². The Bertz CT molecular complexity index is 93.4. The fourth-order valence-electron chi connectivity index (χ4n) is 0.540. The molecule has 0 saturated carbocycles. The zero-order valence-corrected chi connectivity index (χ0v) is 6.74. The molecule has 0 aromatic rings. The Hall–Kier alpha value is 1.50. The van der Waals surface area contributed by atoms with Crippen molar-refractivity contribution in [2.45, 2.75) is 26.7 Å². The molecule has 0 unspecified atom stereocenters. The molecule has 0 aromatic heterocycles. The summed E-state index contributed by atoms with van der Waals surface area (Å²) in [5, 5.41) is 5.43. The normalized spacial score (nSPS) is 7.50. The van der Waals surface area contributed by atoms with Gasteiger partial charge in [0.15, 0.2) is 0 Å². The van der Waals surface area contributed by atoms with Crippen molar-refractivity contribution in [3.05, 3.63) is 0 Å². The van der Waals surface area contributed by atoms with Gasteiger partial charge in [-0.15, -0.1) is 0 Å². The van der Waals surface area contributed by atoms with Crippen LogP contribution >= 0.6 is 0 Å². The number of nitrogens with one attached hydrogen (secondary N) is 2. The summed E-state index contributed by atoms with van der Waals surface area (Å²) in [7, 11) is 0. The Morgan fingerprint density at radius 1 is 1.08 bits per heavy atom. The second-order valence-corrected chi connectivity index (χ2v) is 2.18. The van der Waals surface area contributed by atoms with Gasteiger partial charge < -0.3 is 10.6 Å². The molecule has 2 amide bonds. The van der Waals surface area contributed by atoms with Gasteiger partial charge in [0.05, 0.1) is 0 Å². The Labute approximate surface area is 129 Å². The van der Waals surface area contributed by atoms with E-state index in [0.717, 1.165) is 25.9 Å². The first-order valence-electron chi connectivity index (χ1n) is 3.83. The molecule has 0 heterocycles. The average Bonchev–Trinajstić information content (AvgIpc) is 1.97. The monoisotopic (exact) mass is 192 g/mol. The van der Waals surface area contributed by atoms with Gasteiger partial charge in [0, 0.05) is 13.1 Å². The van der Waals surface area contributed by atoms with E-state index in [9.17, 15) is 4.79 Å². The van der Waals surface area contributed by atoms with Gasteiger partial charge in [0.1, 0.15) is 0 Å². The van der Waals surface area contributed by atoms with Crippen LogP contribution in [-0.2, 0) is 0 Å². The second-order valence-electron chi connectivity index (χ2n) is 2.18. The van der Waals surface area contributed by atoms with E-state index in [-0.39, 0.29) is 76.3 Å². The van der Waals surface area contributed by atoms with E-state index in [4.69, 9.17) is 0 Å². The molecule has 64 valence electrons. The summed E-state index contributed by atoms with van der Waals surface area (Å²) in [6, 6.07) is -0.0521. The number of hydrogen-bond donors (Lipinski definition) is 2. The zero-order chi connectivity index (χ0) is 7.82. The van der Waals surface area contributed by atoms with Gasteiger partial charge in [-0.3, -0.25) is 0 Å². The Kier molecular flexibility index (Phi) is 23.9. The van der Waals surface area contributed by atoms with E-state index in [1.165, 1.54) is 0 Å². The molecule has 0 aliphatic heterocycles. The Morgan fingerprint density at radius 3 is 1.67 bits per heavy atom. The number of carbonyl (C=O) groups excluding carboxylic acids is 1. The first kappa shape index (κ1) is 19.1. The third-order valence-corrected chi connectivity index (χ3v) is 1.07. The second kappa shape index (κ2) is 15.0. The molecule has 0 rings (SSSR count). The van der Waals surface area contributed by atoms with Gasteiger partial charge >= 0.3 is 76.3 Å². The first-order chi connectivity index (χ1) is 4.81. The van der Waals surface area contributed by atoms with E-state index >= 15 is 0 Å². The molecule has 0 atom stereocenters. The Morgan fingerprint density at radius 2 is 1.42 bits per heavy atom. The molecule has 2 N–H and O–H groups in total. The molecule has 3 nitrogen and oxygen atoms in total. The van der Waals surface area contributed by atoms with Crippen molar-refractivity contribution in [2.75, 3.05) is 13.1 Å². The summed E-state index contributed by atoms with van der Waals surface area (Å²) in [5.74, 6) is 0. The van der Waals surface area contributed by atoms with Crippen LogP contribution in [0.15, 0.2) is 0 Å². The van der Waals surface area contributed by atoms with Crippen LogP contribution in [-0.4, -0.2) is 89.4 Å². The fraction of sp³-hybridized carbons (Fsp3) is 0.857. The van der Waals surface area contributed by atoms with Gasteiger partial charge in [-0.25, -0.2) is 4.79 Å². The van der Waals surface area contributed by atoms with Crippen LogP contribution in [0.3, 0.4) is 0 Å². The van der Waals surface area contributed by atoms with Gasteiger partial charge in [-0.2, -0.15) is 0 Å². The van der Waals surface area contributed by atoms with Crippen molar-refractivity contribution in [3.8, 4) is 0 Å². The van der Waals surface area contributed by atoms with Crippen molar-refractivity contribution in [1.29, 1.82) is 0 Å². The summed E-state index contributed by atoms with van der Waals surface area (Å²) in [5.41, 5.74) is 0. The van der Waals surface area contributed by atoms with E-state index in [2.05, 4.69) is 10.6 Å². The van der Waals surface area contributed by atoms with Gasteiger partial charge in [-0.05, 0) is 12.8 Å². The van der Waals surface area contributed by atoms with Crippen LogP contribution in [0.25, 0.3) is 0 Å². The number of carbonyl (C=O) groups is 1. The maximum atomic E-state index is 10.7. The van der Waals surface area contributed by atoms with E-state index in [1.54, 1.807) is 0 Å². The maximum absolute atomic E-state index is 10.7. The summed E-state index contributed by atoms with van der Waals surface area (Å²) in [6.07, 6.45) is 1.97. The van der Waals surface area contributed by atoms with Crippen molar-refractivity contribution in [1.82, 2.24) is 10.6 Å². The molecule has 12 heavy (non-hydrogen) atoms. The predicted molar refractivity (Wildman–Crippen MR) is 56.3 cm³/mol. The molecule has 0 saturated heterocycles. The van der Waals surface area contributed by atoms with E-state index < -0.39 is 0 Å². The van der Waals surface area contributed by atoms with Crippen LogP contribution in [0.2, 0.25) is 0 Å². The van der Waals surface area contributed by atoms with Gasteiger partial charge in [0.2, 0.25) is 0 Å². The summed E-state index contributed by atoms with van der Waals surface area (Å²) >= 11 is 0.